The molecular weight excluding hydrogens is 452 g/mol. The van der Waals surface area contributed by atoms with Gasteiger partial charge in [-0.25, -0.2) is 4.79 Å². The van der Waals surface area contributed by atoms with Gasteiger partial charge in [-0.15, -0.1) is 0 Å². The largest absolute Gasteiger partial charge is 0.457 e. The molecule has 0 saturated carbocycles. The van der Waals surface area contributed by atoms with Crippen LogP contribution in [0.15, 0.2) is 54.6 Å². The van der Waals surface area contributed by atoms with E-state index >= 15 is 0 Å². The van der Waals surface area contributed by atoms with E-state index < -0.39 is 8.07 Å². The first-order chi connectivity index (χ1) is 16.7. The maximum atomic E-state index is 12.1. The minimum atomic E-state index is -1.84. The van der Waals surface area contributed by atoms with E-state index in [1.165, 1.54) is 30.0 Å². The van der Waals surface area contributed by atoms with Crippen LogP contribution in [0.3, 0.4) is 0 Å². The van der Waals surface area contributed by atoms with Crippen LogP contribution < -0.4 is 5.19 Å². The highest BCUT2D eigenvalue weighted by Crippen LogP contribution is 2.25. The van der Waals surface area contributed by atoms with Crippen molar-refractivity contribution in [3.8, 4) is 11.1 Å². The van der Waals surface area contributed by atoms with E-state index in [-0.39, 0.29) is 31.7 Å². The fourth-order valence-electron chi connectivity index (χ4n) is 4.47. The van der Waals surface area contributed by atoms with E-state index in [9.17, 15) is 15.0 Å². The number of hydrogen-bond donors (Lipinski definition) is 2. The van der Waals surface area contributed by atoms with Gasteiger partial charge in [0.2, 0.25) is 0 Å². The van der Waals surface area contributed by atoms with Gasteiger partial charge in [-0.1, -0.05) is 93.5 Å². The Balaban J connectivity index is 2.27. The lowest BCUT2D eigenvalue weighted by Gasteiger charge is -2.27. The van der Waals surface area contributed by atoms with Crippen LogP contribution in [0.2, 0.25) is 19.1 Å². The number of rotatable bonds is 15. The topological polar surface area (TPSA) is 66.8 Å². The van der Waals surface area contributed by atoms with Crippen molar-refractivity contribution in [3.63, 3.8) is 0 Å². The summed E-state index contributed by atoms with van der Waals surface area (Å²) < 4.78 is 5.59. The molecule has 0 spiro atoms. The first kappa shape index (κ1) is 29.0. The van der Waals surface area contributed by atoms with Crippen LogP contribution in [-0.2, 0) is 22.6 Å². The summed E-state index contributed by atoms with van der Waals surface area (Å²) in [7, 11) is -1.84. The Morgan fingerprint density at radius 3 is 2.26 bits per heavy atom. The molecule has 0 atom stereocenters. The molecule has 2 aromatic rings. The van der Waals surface area contributed by atoms with Crippen molar-refractivity contribution < 1.29 is 19.7 Å². The van der Waals surface area contributed by atoms with Gasteiger partial charge >= 0.3 is 5.97 Å². The summed E-state index contributed by atoms with van der Waals surface area (Å²) in [6, 6.07) is 16.4. The zero-order chi connectivity index (χ0) is 25.8. The van der Waals surface area contributed by atoms with E-state index in [0.717, 1.165) is 42.0 Å². The predicted octanol–water partition coefficient (Wildman–Crippen LogP) is 6.00. The van der Waals surface area contributed by atoms with Crippen molar-refractivity contribution in [2.24, 2.45) is 5.92 Å². The van der Waals surface area contributed by atoms with Crippen molar-refractivity contribution in [2.75, 3.05) is 13.2 Å². The molecule has 4 nitrogen and oxygen atoms in total. The van der Waals surface area contributed by atoms with Crippen LogP contribution >= 0.6 is 0 Å². The molecular formula is C30H44O4Si. The summed E-state index contributed by atoms with van der Waals surface area (Å²) in [5.74, 6) is -0.422. The van der Waals surface area contributed by atoms with E-state index in [1.807, 2.05) is 0 Å². The molecule has 2 rings (SSSR count). The predicted molar refractivity (Wildman–Crippen MR) is 149 cm³/mol. The van der Waals surface area contributed by atoms with Gasteiger partial charge in [-0.05, 0) is 54.5 Å². The Morgan fingerprint density at radius 1 is 1.00 bits per heavy atom. The van der Waals surface area contributed by atoms with Crippen molar-refractivity contribution in [1.82, 2.24) is 0 Å². The van der Waals surface area contributed by atoms with Gasteiger partial charge in [0, 0.05) is 24.7 Å². The van der Waals surface area contributed by atoms with Crippen molar-refractivity contribution in [1.29, 1.82) is 0 Å². The standard InChI is InChI=1S/C30H44O4Si/c1-6-7-8-10-24-12-14-26(15-13-24)27-16-17-29(28(19-27)22-34-30(33)23(2)3)35(4,5)18-9-11-25(20-31)21-32/h12-17,19,25,31-32H,2,6-11,18,20-22H2,1,3-5H3. The van der Waals surface area contributed by atoms with Crippen LogP contribution in [0.1, 0.15) is 57.1 Å². The number of unbranched alkanes of at least 4 members (excludes halogenated alkanes) is 2. The van der Waals surface area contributed by atoms with Gasteiger partial charge in [0.25, 0.3) is 0 Å². The second kappa shape index (κ2) is 14.4. The third kappa shape index (κ3) is 9.06. The molecule has 0 fully saturated rings. The van der Waals surface area contributed by atoms with E-state index in [4.69, 9.17) is 4.74 Å². The van der Waals surface area contributed by atoms with Crippen LogP contribution in [-0.4, -0.2) is 37.5 Å². The lowest BCUT2D eigenvalue weighted by atomic mass is 10.00. The summed E-state index contributed by atoms with van der Waals surface area (Å²) >= 11 is 0. The molecule has 2 N–H and O–H groups in total. The van der Waals surface area contributed by atoms with E-state index in [2.05, 4.69) is 69.1 Å². The number of carbonyl (C=O) groups excluding carboxylic acids is 1. The average molecular weight is 497 g/mol. The first-order valence-electron chi connectivity index (χ1n) is 13.0. The molecule has 0 saturated heterocycles. The maximum absolute atomic E-state index is 12.1. The quantitative estimate of drug-likeness (QED) is 0.137. The van der Waals surface area contributed by atoms with Crippen molar-refractivity contribution >= 4 is 19.2 Å². The normalized spacial score (nSPS) is 11.6. The summed E-state index contributed by atoms with van der Waals surface area (Å²) in [6.07, 6.45) is 6.59. The number of benzene rings is 2. The number of carbonyl (C=O) groups is 1. The smallest absolute Gasteiger partial charge is 0.333 e. The molecule has 35 heavy (non-hydrogen) atoms. The first-order valence-corrected chi connectivity index (χ1v) is 16.2. The van der Waals surface area contributed by atoms with Gasteiger partial charge in [0.15, 0.2) is 0 Å². The summed E-state index contributed by atoms with van der Waals surface area (Å²) in [4.78, 5) is 12.1. The number of ether oxygens (including phenoxy) is 1. The lowest BCUT2D eigenvalue weighted by Crippen LogP contribution is -2.43. The molecule has 0 bridgehead atoms. The summed E-state index contributed by atoms with van der Waals surface area (Å²) in [6.45, 7) is 12.5. The number of aryl methyl sites for hydroxylation is 1. The molecule has 192 valence electrons. The molecule has 0 aliphatic carbocycles. The Labute approximate surface area is 213 Å². The second-order valence-electron chi connectivity index (χ2n) is 10.4. The fourth-order valence-corrected chi connectivity index (χ4v) is 7.38. The SMILES string of the molecule is C=C(C)C(=O)OCc1cc(-c2ccc(CCCCC)cc2)ccc1[Si](C)(C)CCCC(CO)CO. The number of aliphatic hydroxyl groups excluding tert-OH is 2. The van der Waals surface area contributed by atoms with Gasteiger partial charge in [-0.2, -0.15) is 0 Å². The number of aliphatic hydroxyl groups is 2. The zero-order valence-electron chi connectivity index (χ0n) is 22.1. The van der Waals surface area contributed by atoms with Crippen LogP contribution in [0.5, 0.6) is 0 Å². The summed E-state index contributed by atoms with van der Waals surface area (Å²) in [5, 5.41) is 20.1. The van der Waals surface area contributed by atoms with Gasteiger partial charge in [0.05, 0.1) is 8.07 Å². The molecule has 0 aliphatic rings. The highest BCUT2D eigenvalue weighted by atomic mass is 28.3. The zero-order valence-corrected chi connectivity index (χ0v) is 23.1. The third-order valence-electron chi connectivity index (χ3n) is 6.83. The minimum absolute atomic E-state index is 0.0205. The molecule has 0 unspecified atom stereocenters. The molecule has 0 amide bonds. The lowest BCUT2D eigenvalue weighted by molar-refractivity contribution is -0.140. The van der Waals surface area contributed by atoms with Gasteiger partial charge < -0.3 is 14.9 Å². The van der Waals surface area contributed by atoms with E-state index in [1.54, 1.807) is 6.92 Å². The summed E-state index contributed by atoms with van der Waals surface area (Å²) in [5.41, 5.74) is 5.11. The highest BCUT2D eigenvalue weighted by Gasteiger charge is 2.27. The average Bonchev–Trinajstić information content (AvgIpc) is 2.85. The Hall–Kier alpha value is -2.21. The van der Waals surface area contributed by atoms with E-state index in [0.29, 0.717) is 5.57 Å². The maximum Gasteiger partial charge on any atom is 0.333 e. The second-order valence-corrected chi connectivity index (χ2v) is 15.2. The van der Waals surface area contributed by atoms with Crippen LogP contribution in [0.25, 0.3) is 11.1 Å². The highest BCUT2D eigenvalue weighted by molar-refractivity contribution is 6.90. The van der Waals surface area contributed by atoms with Crippen molar-refractivity contribution in [2.45, 2.75) is 78.1 Å². The molecule has 0 aliphatic heterocycles. The monoisotopic (exact) mass is 496 g/mol. The Bertz CT molecular complexity index is 945. The molecule has 0 aromatic heterocycles. The van der Waals surface area contributed by atoms with Gasteiger partial charge in [-0.3, -0.25) is 0 Å². The Kier molecular flexibility index (Phi) is 11.9. The fraction of sp³-hybridized carbons (Fsp3) is 0.500. The number of esters is 1. The van der Waals surface area contributed by atoms with Crippen molar-refractivity contribution in [3.05, 3.63) is 65.7 Å². The third-order valence-corrected chi connectivity index (χ3v) is 10.4. The van der Waals surface area contributed by atoms with Crippen LogP contribution in [0, 0.1) is 5.92 Å². The minimum Gasteiger partial charge on any atom is -0.457 e. The van der Waals surface area contributed by atoms with Crippen LogP contribution in [0.4, 0.5) is 0 Å². The molecule has 0 radical (unpaired) electrons. The molecule has 5 heteroatoms. The Morgan fingerprint density at radius 2 is 1.66 bits per heavy atom. The number of hydrogen-bond acceptors (Lipinski definition) is 4. The molecule has 2 aromatic carbocycles. The van der Waals surface area contributed by atoms with Gasteiger partial charge in [0.1, 0.15) is 6.61 Å². The molecule has 0 heterocycles.